The predicted molar refractivity (Wildman–Crippen MR) is 98.3 cm³/mol. The monoisotopic (exact) mass is 377 g/mol. The van der Waals surface area contributed by atoms with E-state index in [2.05, 4.69) is 4.72 Å². The summed E-state index contributed by atoms with van der Waals surface area (Å²) in [6.45, 7) is 2.87. The highest BCUT2D eigenvalue weighted by Gasteiger charge is 2.14. The van der Waals surface area contributed by atoms with E-state index >= 15 is 0 Å². The van der Waals surface area contributed by atoms with Crippen molar-refractivity contribution >= 4 is 21.4 Å². The van der Waals surface area contributed by atoms with Crippen molar-refractivity contribution in [1.82, 2.24) is 4.72 Å². The molecule has 0 radical (unpaired) electrons. The Morgan fingerprint density at radius 3 is 2.68 bits per heavy atom. The van der Waals surface area contributed by atoms with Gasteiger partial charge in [0, 0.05) is 22.4 Å². The number of thiophene rings is 1. The van der Waals surface area contributed by atoms with Gasteiger partial charge in [0.25, 0.3) is 0 Å². The van der Waals surface area contributed by atoms with Gasteiger partial charge in [0.2, 0.25) is 10.0 Å². The summed E-state index contributed by atoms with van der Waals surface area (Å²) in [5.41, 5.74) is 0.946. The summed E-state index contributed by atoms with van der Waals surface area (Å²) >= 11 is 1.49. The maximum Gasteiger partial charge on any atom is 0.240 e. The van der Waals surface area contributed by atoms with Gasteiger partial charge in [-0.25, -0.2) is 13.1 Å². The normalized spacial score (nSPS) is 11.6. The lowest BCUT2D eigenvalue weighted by atomic mass is 10.2. The fourth-order valence-corrected chi connectivity index (χ4v) is 4.14. The number of hydrogen-bond acceptors (Lipinski definition) is 5. The average Bonchev–Trinajstić information content (AvgIpc) is 3.30. The number of benzene rings is 1. The minimum absolute atomic E-state index is 0.221. The first-order chi connectivity index (χ1) is 12.1. The van der Waals surface area contributed by atoms with E-state index in [0.717, 1.165) is 22.6 Å². The molecular formula is C18H19NO4S2. The largest absolute Gasteiger partial charge is 0.494 e. The van der Waals surface area contributed by atoms with Crippen LogP contribution in [0.4, 0.5) is 0 Å². The molecule has 0 aliphatic heterocycles. The van der Waals surface area contributed by atoms with Crippen molar-refractivity contribution in [2.45, 2.75) is 24.8 Å². The number of sulfonamides is 1. The second-order valence-electron chi connectivity index (χ2n) is 5.42. The molecule has 3 aromatic rings. The summed E-state index contributed by atoms with van der Waals surface area (Å²) in [7, 11) is -3.56. The van der Waals surface area contributed by atoms with E-state index in [1.54, 1.807) is 30.5 Å². The van der Waals surface area contributed by atoms with Gasteiger partial charge in [-0.15, -0.1) is 11.3 Å². The van der Waals surface area contributed by atoms with Gasteiger partial charge in [-0.05, 0) is 48.9 Å². The van der Waals surface area contributed by atoms with Crippen molar-refractivity contribution in [3.63, 3.8) is 0 Å². The highest BCUT2D eigenvalue weighted by atomic mass is 32.2. The zero-order chi connectivity index (χ0) is 17.7. The zero-order valence-electron chi connectivity index (χ0n) is 13.8. The molecule has 0 atom stereocenters. The van der Waals surface area contributed by atoms with Crippen LogP contribution in [0.3, 0.4) is 0 Å². The molecule has 0 bridgehead atoms. The van der Waals surface area contributed by atoms with E-state index in [9.17, 15) is 8.42 Å². The number of ether oxygens (including phenoxy) is 1. The van der Waals surface area contributed by atoms with Crippen LogP contribution in [-0.4, -0.2) is 15.0 Å². The first kappa shape index (κ1) is 17.7. The SMILES string of the molecule is CCCOc1ccc(S(=O)(=O)NCc2cc(-c3ccco3)cs2)cc1. The molecule has 132 valence electrons. The zero-order valence-corrected chi connectivity index (χ0v) is 15.4. The van der Waals surface area contributed by atoms with Gasteiger partial charge in [-0.2, -0.15) is 0 Å². The molecule has 2 heterocycles. The Morgan fingerprint density at radius 1 is 1.20 bits per heavy atom. The highest BCUT2D eigenvalue weighted by Crippen LogP contribution is 2.26. The Morgan fingerprint density at radius 2 is 2.00 bits per heavy atom. The van der Waals surface area contributed by atoms with Crippen LogP contribution in [0.2, 0.25) is 0 Å². The molecule has 1 aromatic carbocycles. The molecule has 0 amide bonds. The number of furan rings is 1. The fourth-order valence-electron chi connectivity index (χ4n) is 2.23. The van der Waals surface area contributed by atoms with Gasteiger partial charge in [0.1, 0.15) is 11.5 Å². The summed E-state index contributed by atoms with van der Waals surface area (Å²) < 4.78 is 38.2. The second kappa shape index (κ2) is 7.86. The smallest absolute Gasteiger partial charge is 0.240 e. The van der Waals surface area contributed by atoms with E-state index < -0.39 is 10.0 Å². The maximum absolute atomic E-state index is 12.4. The summed E-state index contributed by atoms with van der Waals surface area (Å²) in [6.07, 6.45) is 2.52. The fraction of sp³-hybridized carbons (Fsp3) is 0.222. The van der Waals surface area contributed by atoms with Crippen molar-refractivity contribution in [1.29, 1.82) is 0 Å². The van der Waals surface area contributed by atoms with Crippen molar-refractivity contribution in [3.05, 3.63) is 59.0 Å². The molecule has 2 aromatic heterocycles. The summed E-state index contributed by atoms with van der Waals surface area (Å²) in [4.78, 5) is 1.14. The lowest BCUT2D eigenvalue weighted by Crippen LogP contribution is -2.22. The van der Waals surface area contributed by atoms with E-state index in [1.165, 1.54) is 11.3 Å². The number of rotatable bonds is 8. The van der Waals surface area contributed by atoms with E-state index in [4.69, 9.17) is 9.15 Å². The quantitative estimate of drug-likeness (QED) is 0.636. The minimum atomic E-state index is -3.56. The molecule has 0 saturated heterocycles. The molecule has 5 nitrogen and oxygen atoms in total. The molecule has 3 rings (SSSR count). The first-order valence-electron chi connectivity index (χ1n) is 7.92. The highest BCUT2D eigenvalue weighted by molar-refractivity contribution is 7.89. The van der Waals surface area contributed by atoms with Crippen molar-refractivity contribution < 1.29 is 17.6 Å². The van der Waals surface area contributed by atoms with Gasteiger partial charge in [0.05, 0.1) is 17.8 Å². The van der Waals surface area contributed by atoms with Crippen molar-refractivity contribution in [3.8, 4) is 17.1 Å². The lowest BCUT2D eigenvalue weighted by Gasteiger charge is -2.08. The Kier molecular flexibility index (Phi) is 5.57. The van der Waals surface area contributed by atoms with Gasteiger partial charge < -0.3 is 9.15 Å². The van der Waals surface area contributed by atoms with Crippen LogP contribution in [-0.2, 0) is 16.6 Å². The topological polar surface area (TPSA) is 68.5 Å². The third kappa shape index (κ3) is 4.50. The number of hydrogen-bond donors (Lipinski definition) is 1. The van der Waals surface area contributed by atoms with E-state index in [1.807, 2.05) is 30.5 Å². The van der Waals surface area contributed by atoms with Crippen LogP contribution in [0.5, 0.6) is 5.75 Å². The Hall–Kier alpha value is -2.09. The Labute approximate surface area is 151 Å². The van der Waals surface area contributed by atoms with E-state index in [-0.39, 0.29) is 11.4 Å². The van der Waals surface area contributed by atoms with Crippen LogP contribution in [0.25, 0.3) is 11.3 Å². The summed E-state index contributed by atoms with van der Waals surface area (Å²) in [6, 6.07) is 12.1. The third-order valence-corrected chi connectivity index (χ3v) is 5.86. The van der Waals surface area contributed by atoms with Crippen LogP contribution in [0.1, 0.15) is 18.2 Å². The van der Waals surface area contributed by atoms with Gasteiger partial charge in [0.15, 0.2) is 0 Å². The van der Waals surface area contributed by atoms with Crippen LogP contribution in [0, 0.1) is 0 Å². The lowest BCUT2D eigenvalue weighted by molar-refractivity contribution is 0.317. The average molecular weight is 377 g/mol. The maximum atomic E-state index is 12.4. The molecule has 0 aliphatic rings. The standard InChI is InChI=1S/C18H19NO4S2/c1-2-9-22-15-5-7-17(8-6-15)25(20,21)19-12-16-11-14(13-24-16)18-4-3-10-23-18/h3-8,10-11,13,19H,2,9,12H2,1H3. The van der Waals surface area contributed by atoms with Crippen molar-refractivity contribution in [2.75, 3.05) is 6.61 Å². The van der Waals surface area contributed by atoms with Gasteiger partial charge in [-0.1, -0.05) is 6.92 Å². The third-order valence-electron chi connectivity index (χ3n) is 3.50. The van der Waals surface area contributed by atoms with Crippen LogP contribution >= 0.6 is 11.3 Å². The molecule has 0 fully saturated rings. The molecule has 1 N–H and O–H groups in total. The molecule has 0 spiro atoms. The molecule has 0 saturated carbocycles. The first-order valence-corrected chi connectivity index (χ1v) is 10.3. The molecule has 0 aliphatic carbocycles. The molecular weight excluding hydrogens is 358 g/mol. The van der Waals surface area contributed by atoms with E-state index in [0.29, 0.717) is 12.4 Å². The Bertz CT molecular complexity index is 897. The van der Waals surface area contributed by atoms with Crippen LogP contribution in [0.15, 0.2) is 63.4 Å². The summed E-state index contributed by atoms with van der Waals surface area (Å²) in [5.74, 6) is 1.44. The molecule has 25 heavy (non-hydrogen) atoms. The second-order valence-corrected chi connectivity index (χ2v) is 8.19. The number of nitrogens with one attached hydrogen (secondary N) is 1. The predicted octanol–water partition coefficient (Wildman–Crippen LogP) is 4.28. The summed E-state index contributed by atoms with van der Waals surface area (Å²) in [5, 5.41) is 1.95. The van der Waals surface area contributed by atoms with Crippen molar-refractivity contribution in [2.24, 2.45) is 0 Å². The van der Waals surface area contributed by atoms with Gasteiger partial charge >= 0.3 is 0 Å². The molecule has 7 heteroatoms. The Balaban J connectivity index is 1.63. The minimum Gasteiger partial charge on any atom is -0.494 e. The molecule has 0 unspecified atom stereocenters. The van der Waals surface area contributed by atoms with Gasteiger partial charge in [-0.3, -0.25) is 0 Å². The van der Waals surface area contributed by atoms with Crippen LogP contribution < -0.4 is 9.46 Å².